The zero-order valence-corrected chi connectivity index (χ0v) is 15.1. The molecule has 0 radical (unpaired) electrons. The van der Waals surface area contributed by atoms with Crippen LogP contribution in [0, 0.1) is 11.6 Å². The van der Waals surface area contributed by atoms with Gasteiger partial charge in [0.25, 0.3) is 0 Å². The molecule has 0 unspecified atom stereocenters. The summed E-state index contributed by atoms with van der Waals surface area (Å²) < 4.78 is 26.6. The Morgan fingerprint density at radius 2 is 1.79 bits per heavy atom. The molecule has 1 saturated heterocycles. The van der Waals surface area contributed by atoms with Gasteiger partial charge in [-0.05, 0) is 48.7 Å². The zero-order chi connectivity index (χ0) is 19.5. The minimum Gasteiger partial charge on any atom is -0.335 e. The molecule has 2 aromatic carbocycles. The number of hydrogen-bond donors (Lipinski definition) is 3. The van der Waals surface area contributed by atoms with E-state index in [-0.39, 0.29) is 12.1 Å². The average molecular weight is 386 g/mol. The highest BCUT2D eigenvalue weighted by molar-refractivity contribution is 5.91. The molecule has 1 aliphatic heterocycles. The summed E-state index contributed by atoms with van der Waals surface area (Å²) in [7, 11) is 0. The summed E-state index contributed by atoms with van der Waals surface area (Å²) in [6, 6.07) is 8.66. The number of H-pyrrole nitrogens is 1. The summed E-state index contributed by atoms with van der Waals surface area (Å²) in [4.78, 5) is 14.4. The molecule has 0 spiro atoms. The van der Waals surface area contributed by atoms with E-state index in [9.17, 15) is 13.6 Å². The van der Waals surface area contributed by atoms with Gasteiger partial charge in [0.1, 0.15) is 22.7 Å². The predicted octanol–water partition coefficient (Wildman–Crippen LogP) is 3.02. The summed E-state index contributed by atoms with van der Waals surface area (Å²) >= 11 is 0. The van der Waals surface area contributed by atoms with Crippen LogP contribution < -0.4 is 10.6 Å². The van der Waals surface area contributed by atoms with E-state index in [0.29, 0.717) is 23.3 Å². The van der Waals surface area contributed by atoms with E-state index in [1.54, 1.807) is 18.2 Å². The Kier molecular flexibility index (Phi) is 5.16. The lowest BCUT2D eigenvalue weighted by Gasteiger charge is -2.32. The molecule has 0 saturated carbocycles. The van der Waals surface area contributed by atoms with E-state index >= 15 is 0 Å². The number of urea groups is 1. The van der Waals surface area contributed by atoms with Gasteiger partial charge in [0.15, 0.2) is 0 Å². The van der Waals surface area contributed by atoms with E-state index in [1.165, 1.54) is 12.1 Å². The summed E-state index contributed by atoms with van der Waals surface area (Å²) in [5.41, 5.74) is 2.67. The monoisotopic (exact) mass is 386 g/mol. The van der Waals surface area contributed by atoms with Gasteiger partial charge in [-0.1, -0.05) is 0 Å². The van der Waals surface area contributed by atoms with Gasteiger partial charge >= 0.3 is 6.03 Å². The van der Waals surface area contributed by atoms with E-state index in [1.807, 2.05) is 0 Å². The van der Waals surface area contributed by atoms with Crippen LogP contribution in [0.15, 0.2) is 36.4 Å². The second-order valence-corrected chi connectivity index (χ2v) is 6.95. The molecule has 146 valence electrons. The van der Waals surface area contributed by atoms with Gasteiger partial charge in [0.2, 0.25) is 0 Å². The van der Waals surface area contributed by atoms with Crippen LogP contribution >= 0.6 is 0 Å². The highest BCUT2D eigenvalue weighted by Crippen LogP contribution is 2.17. The lowest BCUT2D eigenvalue weighted by molar-refractivity contribution is 0.189. The molecule has 3 N–H and O–H groups in total. The number of carbonyl (C=O) groups excluding carboxylic acids is 1. The SMILES string of the molecule is O=C(Nc1ccc2n[nH]nc2c1)NC1CCN(Cc2cc(F)cc(F)c2)CC1. The number of nitrogens with zero attached hydrogens (tertiary/aromatic N) is 3. The fourth-order valence-corrected chi connectivity index (χ4v) is 3.47. The Hall–Kier alpha value is -3.07. The Balaban J connectivity index is 1.26. The number of piperidine rings is 1. The number of carbonyl (C=O) groups is 1. The lowest BCUT2D eigenvalue weighted by Crippen LogP contribution is -2.45. The van der Waals surface area contributed by atoms with E-state index in [0.717, 1.165) is 37.5 Å². The third-order valence-electron chi connectivity index (χ3n) is 4.83. The van der Waals surface area contributed by atoms with Gasteiger partial charge in [-0.25, -0.2) is 13.6 Å². The maximum absolute atomic E-state index is 13.3. The molecule has 9 heteroatoms. The molecule has 0 bridgehead atoms. The van der Waals surface area contributed by atoms with Crippen molar-refractivity contribution < 1.29 is 13.6 Å². The fraction of sp³-hybridized carbons (Fsp3) is 0.316. The Morgan fingerprint density at radius 1 is 1.07 bits per heavy atom. The number of benzene rings is 2. The number of fused-ring (bicyclic) bond motifs is 1. The molecule has 7 nitrogen and oxygen atoms in total. The molecule has 28 heavy (non-hydrogen) atoms. The standard InChI is InChI=1S/C19H20F2N6O/c20-13-7-12(8-14(21)9-13)11-27-5-3-15(4-6-27)22-19(28)23-16-1-2-17-18(10-16)25-26-24-17/h1-2,7-10,15H,3-6,11H2,(H2,22,23,28)(H,24,25,26). The topological polar surface area (TPSA) is 85.9 Å². The Morgan fingerprint density at radius 3 is 2.54 bits per heavy atom. The second-order valence-electron chi connectivity index (χ2n) is 6.95. The number of anilines is 1. The number of aromatic nitrogens is 3. The summed E-state index contributed by atoms with van der Waals surface area (Å²) in [6.07, 6.45) is 1.54. The Bertz CT molecular complexity index is 963. The van der Waals surface area contributed by atoms with E-state index in [2.05, 4.69) is 30.9 Å². The number of likely N-dealkylation sites (tertiary alicyclic amines) is 1. The molecule has 1 aliphatic rings. The van der Waals surface area contributed by atoms with Crippen molar-refractivity contribution in [1.29, 1.82) is 0 Å². The third-order valence-corrected chi connectivity index (χ3v) is 4.83. The number of hydrogen-bond acceptors (Lipinski definition) is 4. The van der Waals surface area contributed by atoms with Gasteiger partial charge in [0, 0.05) is 37.4 Å². The molecule has 1 aromatic heterocycles. The van der Waals surface area contributed by atoms with E-state index < -0.39 is 11.6 Å². The predicted molar refractivity (Wildman–Crippen MR) is 101 cm³/mol. The molecule has 4 rings (SSSR count). The number of aromatic amines is 1. The van der Waals surface area contributed by atoms with Crippen LogP contribution in [-0.2, 0) is 6.54 Å². The smallest absolute Gasteiger partial charge is 0.319 e. The van der Waals surface area contributed by atoms with Crippen molar-refractivity contribution in [2.24, 2.45) is 0 Å². The highest BCUT2D eigenvalue weighted by atomic mass is 19.1. The van der Waals surface area contributed by atoms with Crippen molar-refractivity contribution in [3.05, 3.63) is 53.6 Å². The second kappa shape index (κ2) is 7.89. The molecule has 1 fully saturated rings. The lowest BCUT2D eigenvalue weighted by atomic mass is 10.0. The third kappa shape index (κ3) is 4.42. The zero-order valence-electron chi connectivity index (χ0n) is 15.1. The van der Waals surface area contributed by atoms with Gasteiger partial charge < -0.3 is 10.6 Å². The minimum atomic E-state index is -0.563. The van der Waals surface area contributed by atoms with E-state index in [4.69, 9.17) is 0 Å². The van der Waals surface area contributed by atoms with Crippen LogP contribution in [0.25, 0.3) is 11.0 Å². The molecular weight excluding hydrogens is 366 g/mol. The number of amides is 2. The molecule has 3 aromatic rings. The van der Waals surface area contributed by atoms with Gasteiger partial charge in [-0.3, -0.25) is 4.90 Å². The first kappa shape index (κ1) is 18.3. The van der Waals surface area contributed by atoms with Gasteiger partial charge in [-0.15, -0.1) is 0 Å². The van der Waals surface area contributed by atoms with Crippen LogP contribution in [0.2, 0.25) is 0 Å². The molecule has 0 atom stereocenters. The molecular formula is C19H20F2N6O. The van der Waals surface area contributed by atoms with Crippen molar-refractivity contribution in [3.8, 4) is 0 Å². The minimum absolute atomic E-state index is 0.0521. The summed E-state index contributed by atoms with van der Waals surface area (Å²) in [5, 5.41) is 16.3. The first-order valence-corrected chi connectivity index (χ1v) is 9.10. The highest BCUT2D eigenvalue weighted by Gasteiger charge is 2.21. The van der Waals surface area contributed by atoms with Crippen LogP contribution in [0.1, 0.15) is 18.4 Å². The van der Waals surface area contributed by atoms with Gasteiger partial charge in [0.05, 0.1) is 0 Å². The maximum atomic E-state index is 13.3. The van der Waals surface area contributed by atoms with Crippen LogP contribution in [0.3, 0.4) is 0 Å². The quantitative estimate of drug-likeness (QED) is 0.643. The summed E-state index contributed by atoms with van der Waals surface area (Å²) in [5.74, 6) is -1.13. The van der Waals surface area contributed by atoms with Gasteiger partial charge in [-0.2, -0.15) is 15.4 Å². The normalized spacial score (nSPS) is 15.6. The van der Waals surface area contributed by atoms with Crippen LogP contribution in [0.4, 0.5) is 19.3 Å². The van der Waals surface area contributed by atoms with Crippen molar-refractivity contribution in [2.45, 2.75) is 25.4 Å². The summed E-state index contributed by atoms with van der Waals surface area (Å²) in [6.45, 7) is 1.98. The first-order chi connectivity index (χ1) is 13.5. The average Bonchev–Trinajstić information content (AvgIpc) is 3.10. The van der Waals surface area contributed by atoms with Crippen LogP contribution in [-0.4, -0.2) is 45.5 Å². The first-order valence-electron chi connectivity index (χ1n) is 9.10. The maximum Gasteiger partial charge on any atom is 0.319 e. The Labute approximate surface area is 160 Å². The van der Waals surface area contributed by atoms with Crippen molar-refractivity contribution >= 4 is 22.8 Å². The van der Waals surface area contributed by atoms with Crippen LogP contribution in [0.5, 0.6) is 0 Å². The fourth-order valence-electron chi connectivity index (χ4n) is 3.47. The number of halogens is 2. The van der Waals surface area contributed by atoms with Crippen molar-refractivity contribution in [3.63, 3.8) is 0 Å². The number of rotatable bonds is 4. The molecule has 2 amide bonds. The number of nitrogens with one attached hydrogen (secondary N) is 3. The molecule has 0 aliphatic carbocycles. The largest absolute Gasteiger partial charge is 0.335 e. The molecule has 2 heterocycles. The van der Waals surface area contributed by atoms with Crippen molar-refractivity contribution in [1.82, 2.24) is 25.6 Å². The van der Waals surface area contributed by atoms with Crippen molar-refractivity contribution in [2.75, 3.05) is 18.4 Å².